The van der Waals surface area contributed by atoms with E-state index in [1.165, 1.54) is 12.2 Å². The monoisotopic (exact) mass is 280 g/mol. The first-order chi connectivity index (χ1) is 8.43. The Kier molecular flexibility index (Phi) is 13.9. The van der Waals surface area contributed by atoms with Gasteiger partial charge in [-0.15, -0.1) is 0 Å². The van der Waals surface area contributed by atoms with Crippen molar-refractivity contribution < 1.29 is 32.0 Å². The fourth-order valence-corrected chi connectivity index (χ4v) is 0.652. The van der Waals surface area contributed by atoms with Gasteiger partial charge in [0.1, 0.15) is 13.2 Å². The molecule has 0 rings (SSSR count). The second-order valence-electron chi connectivity index (χ2n) is 2.68. The Hall–Kier alpha value is -1.67. The molecule has 18 heavy (non-hydrogen) atoms. The van der Waals surface area contributed by atoms with E-state index in [1.807, 2.05) is 0 Å². The van der Waals surface area contributed by atoms with Crippen LogP contribution in [0, 0.1) is 0 Å². The van der Waals surface area contributed by atoms with Crippen molar-refractivity contribution in [3.63, 3.8) is 0 Å². The lowest BCUT2D eigenvalue weighted by Gasteiger charge is -2.02. The highest BCUT2D eigenvalue weighted by atomic mass is 32.2. The minimum atomic E-state index is -3.12. The molecule has 7 nitrogen and oxygen atoms in total. The molecule has 0 spiro atoms. The smallest absolute Gasteiger partial charge is 0.306 e. The zero-order valence-electron chi connectivity index (χ0n) is 9.74. The van der Waals surface area contributed by atoms with Gasteiger partial charge in [0, 0.05) is 0 Å². The Morgan fingerprint density at radius 1 is 1.00 bits per heavy atom. The van der Waals surface area contributed by atoms with E-state index in [-0.39, 0.29) is 26.1 Å². The van der Waals surface area contributed by atoms with Crippen LogP contribution in [0.25, 0.3) is 0 Å². The number of carbonyl (C=O) groups is 2. The SMILES string of the molecule is C=CCOC(=O)CCC(=O)OCC=C.O=[SH](=O)O. The lowest BCUT2D eigenvalue weighted by atomic mass is 10.3. The van der Waals surface area contributed by atoms with Crippen molar-refractivity contribution in [2.45, 2.75) is 12.8 Å². The fraction of sp³-hybridized carbons (Fsp3) is 0.400. The van der Waals surface area contributed by atoms with Crippen molar-refractivity contribution in [2.24, 2.45) is 0 Å². The van der Waals surface area contributed by atoms with Crippen LogP contribution in [-0.4, -0.2) is 38.1 Å². The highest BCUT2D eigenvalue weighted by Gasteiger charge is 2.07. The first-order valence-electron chi connectivity index (χ1n) is 4.80. The van der Waals surface area contributed by atoms with Crippen molar-refractivity contribution in [1.82, 2.24) is 0 Å². The summed E-state index contributed by atoms with van der Waals surface area (Å²) in [5.74, 6) is -0.860. The van der Waals surface area contributed by atoms with E-state index in [2.05, 4.69) is 22.6 Å². The first kappa shape index (κ1) is 18.7. The molecule has 0 bridgehead atoms. The molecule has 0 aliphatic heterocycles. The molecule has 0 unspecified atom stereocenters. The molecule has 104 valence electrons. The summed E-state index contributed by atoms with van der Waals surface area (Å²) in [6.45, 7) is 7.11. The molecule has 0 aromatic carbocycles. The highest BCUT2D eigenvalue weighted by molar-refractivity contribution is 7.66. The second kappa shape index (κ2) is 13.4. The standard InChI is InChI=1S/C10H14O4.H2O3S/c1-3-7-13-9(11)5-6-10(12)14-8-4-2;1-4(2)3/h3-4H,1-2,5-8H2;4H,(H,1,2,3). The minimum Gasteiger partial charge on any atom is -0.461 e. The van der Waals surface area contributed by atoms with Crippen molar-refractivity contribution in [3.05, 3.63) is 25.3 Å². The quantitative estimate of drug-likeness (QED) is 0.299. The van der Waals surface area contributed by atoms with E-state index in [1.54, 1.807) is 0 Å². The number of thiol groups is 1. The summed E-state index contributed by atoms with van der Waals surface area (Å²) in [7, 11) is -3.12. The summed E-state index contributed by atoms with van der Waals surface area (Å²) in [4.78, 5) is 21.8. The molecular formula is C10H16O7S. The number of hydrogen-bond donors (Lipinski definition) is 2. The van der Waals surface area contributed by atoms with Gasteiger partial charge in [-0.25, -0.2) is 8.42 Å². The summed E-state index contributed by atoms with van der Waals surface area (Å²) in [5, 5.41) is 0. The average molecular weight is 280 g/mol. The van der Waals surface area contributed by atoms with Gasteiger partial charge < -0.3 is 9.47 Å². The van der Waals surface area contributed by atoms with Crippen LogP contribution in [-0.2, 0) is 30.0 Å². The van der Waals surface area contributed by atoms with E-state index in [0.717, 1.165) is 0 Å². The molecule has 0 atom stereocenters. The van der Waals surface area contributed by atoms with Gasteiger partial charge in [-0.3, -0.25) is 14.1 Å². The fourth-order valence-electron chi connectivity index (χ4n) is 0.652. The average Bonchev–Trinajstić information content (AvgIpc) is 2.30. The normalized spacial score (nSPS) is 8.78. The maximum atomic E-state index is 10.9. The molecule has 8 heteroatoms. The van der Waals surface area contributed by atoms with E-state index >= 15 is 0 Å². The Labute approximate surface area is 107 Å². The number of rotatable bonds is 7. The predicted octanol–water partition coefficient (Wildman–Crippen LogP) is 0.296. The third kappa shape index (κ3) is 19.8. The molecule has 0 saturated carbocycles. The third-order valence-corrected chi connectivity index (χ3v) is 1.26. The van der Waals surface area contributed by atoms with E-state index < -0.39 is 22.9 Å². The Balaban J connectivity index is 0. The number of ether oxygens (including phenoxy) is 2. The molecule has 0 amide bonds. The highest BCUT2D eigenvalue weighted by Crippen LogP contribution is 1.95. The van der Waals surface area contributed by atoms with Gasteiger partial charge >= 0.3 is 11.9 Å². The molecule has 0 aliphatic carbocycles. The summed E-state index contributed by atoms with van der Waals surface area (Å²) < 4.78 is 33.5. The molecule has 0 aliphatic rings. The van der Waals surface area contributed by atoms with Crippen LogP contribution in [0.5, 0.6) is 0 Å². The number of hydrogen-bond acceptors (Lipinski definition) is 6. The van der Waals surface area contributed by atoms with Gasteiger partial charge in [-0.1, -0.05) is 25.3 Å². The van der Waals surface area contributed by atoms with Gasteiger partial charge in [0.05, 0.1) is 12.8 Å². The van der Waals surface area contributed by atoms with Gasteiger partial charge in [-0.2, -0.15) is 0 Å². The largest absolute Gasteiger partial charge is 0.461 e. The Morgan fingerprint density at radius 2 is 1.28 bits per heavy atom. The molecule has 0 fully saturated rings. The van der Waals surface area contributed by atoms with Crippen molar-refractivity contribution in [3.8, 4) is 0 Å². The predicted molar refractivity (Wildman–Crippen MR) is 64.5 cm³/mol. The van der Waals surface area contributed by atoms with Crippen molar-refractivity contribution in [2.75, 3.05) is 13.2 Å². The minimum absolute atomic E-state index is 0.0316. The molecule has 0 radical (unpaired) electrons. The Morgan fingerprint density at radius 3 is 1.50 bits per heavy atom. The number of esters is 2. The van der Waals surface area contributed by atoms with Gasteiger partial charge in [0.15, 0.2) is 0 Å². The van der Waals surface area contributed by atoms with E-state index in [9.17, 15) is 9.59 Å². The molecule has 0 heterocycles. The molecule has 1 N–H and O–H groups in total. The van der Waals surface area contributed by atoms with Crippen molar-refractivity contribution in [1.29, 1.82) is 0 Å². The Bertz CT molecular complexity index is 314. The second-order valence-corrected chi connectivity index (χ2v) is 3.16. The van der Waals surface area contributed by atoms with Crippen LogP contribution in [0.1, 0.15) is 12.8 Å². The summed E-state index contributed by atoms with van der Waals surface area (Å²) in [5.41, 5.74) is 0. The topological polar surface area (TPSA) is 107 Å². The maximum absolute atomic E-state index is 10.9. The molecule has 0 aromatic rings. The molecule has 0 saturated heterocycles. The lowest BCUT2D eigenvalue weighted by molar-refractivity contribution is -0.149. The summed E-state index contributed by atoms with van der Waals surface area (Å²) >= 11 is 0. The maximum Gasteiger partial charge on any atom is 0.306 e. The van der Waals surface area contributed by atoms with Crippen LogP contribution in [0.4, 0.5) is 0 Å². The third-order valence-electron chi connectivity index (χ3n) is 1.26. The van der Waals surface area contributed by atoms with Crippen LogP contribution in [0.3, 0.4) is 0 Å². The number of carbonyl (C=O) groups excluding carboxylic acids is 2. The lowest BCUT2D eigenvalue weighted by Crippen LogP contribution is -2.10. The van der Waals surface area contributed by atoms with Crippen LogP contribution >= 0.6 is 0 Å². The van der Waals surface area contributed by atoms with Gasteiger partial charge in [0.25, 0.3) is 11.0 Å². The van der Waals surface area contributed by atoms with Crippen LogP contribution in [0.2, 0.25) is 0 Å². The van der Waals surface area contributed by atoms with E-state index in [4.69, 9.17) is 13.0 Å². The first-order valence-corrected chi connectivity index (χ1v) is 5.93. The zero-order valence-corrected chi connectivity index (χ0v) is 10.6. The summed E-state index contributed by atoms with van der Waals surface area (Å²) in [6, 6.07) is 0. The van der Waals surface area contributed by atoms with E-state index in [0.29, 0.717) is 0 Å². The van der Waals surface area contributed by atoms with Crippen LogP contribution < -0.4 is 0 Å². The van der Waals surface area contributed by atoms with Gasteiger partial charge in [0.2, 0.25) is 0 Å². The molecular weight excluding hydrogens is 264 g/mol. The summed E-state index contributed by atoms with van der Waals surface area (Å²) in [6.07, 6.45) is 3.00. The molecule has 0 aromatic heterocycles. The van der Waals surface area contributed by atoms with Crippen molar-refractivity contribution >= 4 is 22.9 Å². The van der Waals surface area contributed by atoms with Crippen LogP contribution in [0.15, 0.2) is 25.3 Å². The zero-order chi connectivity index (χ0) is 14.4. The van der Waals surface area contributed by atoms with Gasteiger partial charge in [-0.05, 0) is 0 Å².